The second-order valence-corrected chi connectivity index (χ2v) is 10.9. The highest BCUT2D eigenvalue weighted by molar-refractivity contribution is 8.18. The zero-order chi connectivity index (χ0) is 23.4. The van der Waals surface area contributed by atoms with Gasteiger partial charge in [0.2, 0.25) is 0 Å². The van der Waals surface area contributed by atoms with Gasteiger partial charge in [0.05, 0.1) is 12.0 Å². The Labute approximate surface area is 192 Å². The molecule has 1 heterocycles. The van der Waals surface area contributed by atoms with Gasteiger partial charge < -0.3 is 4.74 Å². The molecule has 2 aromatic carbocycles. The van der Waals surface area contributed by atoms with E-state index in [9.17, 15) is 9.59 Å². The predicted molar refractivity (Wildman–Crippen MR) is 128 cm³/mol. The molecule has 2 aliphatic rings. The summed E-state index contributed by atoms with van der Waals surface area (Å²) < 4.78 is 20.9. The van der Waals surface area contributed by atoms with Gasteiger partial charge in [-0.3, -0.25) is 14.9 Å². The number of carbonyl (C=O) groups excluding carboxylic acids is 2. The summed E-state index contributed by atoms with van der Waals surface area (Å²) in [5, 5.41) is 1.73. The van der Waals surface area contributed by atoms with Crippen molar-refractivity contribution < 1.29 is 18.7 Å². The molecule has 1 saturated heterocycles. The Morgan fingerprint density at radius 3 is 2.22 bits per heavy atom. The molecule has 0 atom stereocenters. The lowest BCUT2D eigenvalue weighted by Crippen LogP contribution is -2.34. The molecule has 1 aliphatic carbocycles. The summed E-state index contributed by atoms with van der Waals surface area (Å²) in [7, 11) is 1.44. The van der Waals surface area contributed by atoms with E-state index >= 15 is 4.39 Å². The third kappa shape index (κ3) is 3.75. The van der Waals surface area contributed by atoms with Crippen LogP contribution in [0.15, 0.2) is 29.2 Å². The first-order valence-corrected chi connectivity index (χ1v) is 11.5. The average molecular weight is 454 g/mol. The fourth-order valence-corrected chi connectivity index (χ4v) is 5.34. The number of nitrogens with one attached hydrogen (secondary N) is 1. The van der Waals surface area contributed by atoms with Crippen molar-refractivity contribution >= 4 is 29.0 Å². The van der Waals surface area contributed by atoms with Crippen molar-refractivity contribution in [1.82, 2.24) is 5.32 Å². The highest BCUT2D eigenvalue weighted by atomic mass is 32.2. The predicted octanol–water partition coefficient (Wildman–Crippen LogP) is 6.48. The van der Waals surface area contributed by atoms with Crippen molar-refractivity contribution in [3.8, 4) is 16.9 Å². The number of fused-ring (bicyclic) bond motifs is 1. The van der Waals surface area contributed by atoms with Gasteiger partial charge in [-0.25, -0.2) is 4.39 Å². The number of ether oxygens (including phenoxy) is 1. The molecule has 4 rings (SSSR count). The molecule has 4 nitrogen and oxygen atoms in total. The van der Waals surface area contributed by atoms with E-state index in [-0.39, 0.29) is 27.0 Å². The van der Waals surface area contributed by atoms with Gasteiger partial charge in [0.1, 0.15) is 0 Å². The first-order chi connectivity index (χ1) is 14.9. The van der Waals surface area contributed by atoms with E-state index < -0.39 is 17.0 Å². The summed E-state index contributed by atoms with van der Waals surface area (Å²) in [6.07, 6.45) is 3.60. The van der Waals surface area contributed by atoms with Crippen LogP contribution in [0.4, 0.5) is 9.18 Å². The van der Waals surface area contributed by atoms with Crippen molar-refractivity contribution in [2.75, 3.05) is 7.11 Å². The summed E-state index contributed by atoms with van der Waals surface area (Å²) in [5.74, 6) is -0.940. The van der Waals surface area contributed by atoms with Crippen LogP contribution in [-0.4, -0.2) is 18.3 Å². The summed E-state index contributed by atoms with van der Waals surface area (Å²) in [4.78, 5) is 23.5. The molecule has 0 unspecified atom stereocenters. The largest absolute Gasteiger partial charge is 0.493 e. The zero-order valence-electron chi connectivity index (χ0n) is 19.3. The molecule has 1 fully saturated rings. The number of carbonyl (C=O) groups is 2. The summed E-state index contributed by atoms with van der Waals surface area (Å²) >= 11 is 0.763. The van der Waals surface area contributed by atoms with Gasteiger partial charge in [-0.05, 0) is 82.8 Å². The molecule has 168 valence electrons. The Bertz CT molecular complexity index is 1180. The third-order valence-electron chi connectivity index (χ3n) is 6.75. The topological polar surface area (TPSA) is 55.4 Å². The molecule has 2 aromatic rings. The molecule has 0 saturated carbocycles. The Balaban J connectivity index is 1.86. The highest BCUT2D eigenvalue weighted by Crippen LogP contribution is 2.48. The lowest BCUT2D eigenvalue weighted by molar-refractivity contribution is -0.115. The quantitative estimate of drug-likeness (QED) is 0.540. The maximum Gasteiger partial charge on any atom is 0.290 e. The fraction of sp³-hybridized carbons (Fsp3) is 0.385. The van der Waals surface area contributed by atoms with Gasteiger partial charge in [-0.1, -0.05) is 39.8 Å². The van der Waals surface area contributed by atoms with Crippen LogP contribution < -0.4 is 10.1 Å². The maximum atomic E-state index is 15.4. The van der Waals surface area contributed by atoms with Crippen LogP contribution >= 0.6 is 11.8 Å². The fourth-order valence-electron chi connectivity index (χ4n) is 4.67. The van der Waals surface area contributed by atoms with Gasteiger partial charge in [0.15, 0.2) is 11.6 Å². The average Bonchev–Trinajstić information content (AvgIpc) is 3.03. The van der Waals surface area contributed by atoms with E-state index in [1.807, 2.05) is 13.0 Å². The standard InChI is InChI=1S/C26H28FNO3S/c1-14-11-18-19(26(4,5)10-9-25(18,2)3)13-17(14)16-8-7-15(21(27)22(16)31-6)12-20-23(29)28-24(30)32-20/h7-8,11-13H,9-10H2,1-6H3,(H,28,29,30)/b20-12+. The van der Waals surface area contributed by atoms with Crippen molar-refractivity contribution in [2.45, 2.75) is 58.3 Å². The Hall–Kier alpha value is -2.60. The Morgan fingerprint density at radius 2 is 1.66 bits per heavy atom. The summed E-state index contributed by atoms with van der Waals surface area (Å²) in [5.41, 5.74) is 5.65. The van der Waals surface area contributed by atoms with E-state index in [0.717, 1.165) is 35.7 Å². The SMILES string of the molecule is COc1c(-c2cc3c(cc2C)C(C)(C)CCC3(C)C)ccc(/C=C2/SC(=O)NC2=O)c1F. The molecule has 0 radical (unpaired) electrons. The monoisotopic (exact) mass is 453 g/mol. The van der Waals surface area contributed by atoms with Crippen LogP contribution in [0.3, 0.4) is 0 Å². The smallest absolute Gasteiger partial charge is 0.290 e. The van der Waals surface area contributed by atoms with E-state index in [1.165, 1.54) is 24.3 Å². The van der Waals surface area contributed by atoms with E-state index in [1.54, 1.807) is 6.07 Å². The molecule has 32 heavy (non-hydrogen) atoms. The molecule has 1 aliphatic heterocycles. The summed E-state index contributed by atoms with van der Waals surface area (Å²) in [6.45, 7) is 11.1. The number of benzene rings is 2. The number of aryl methyl sites for hydroxylation is 1. The number of amides is 2. The molecule has 2 amide bonds. The Morgan fingerprint density at radius 1 is 1.03 bits per heavy atom. The molecule has 0 bridgehead atoms. The van der Waals surface area contributed by atoms with Gasteiger partial charge in [-0.2, -0.15) is 0 Å². The minimum atomic E-state index is -0.554. The number of thioether (sulfide) groups is 1. The van der Waals surface area contributed by atoms with Gasteiger partial charge in [0, 0.05) is 11.1 Å². The molecule has 0 aromatic heterocycles. The van der Waals surface area contributed by atoms with E-state index in [4.69, 9.17) is 4.74 Å². The molecule has 1 N–H and O–H groups in total. The van der Waals surface area contributed by atoms with Crippen molar-refractivity contribution in [2.24, 2.45) is 0 Å². The number of halogens is 1. The molecular weight excluding hydrogens is 425 g/mol. The van der Waals surface area contributed by atoms with Crippen molar-refractivity contribution in [3.63, 3.8) is 0 Å². The second kappa shape index (κ2) is 7.77. The first-order valence-electron chi connectivity index (χ1n) is 10.7. The second-order valence-electron chi connectivity index (χ2n) is 9.88. The minimum absolute atomic E-state index is 0.0308. The van der Waals surface area contributed by atoms with Crippen LogP contribution in [-0.2, 0) is 15.6 Å². The van der Waals surface area contributed by atoms with Gasteiger partial charge >= 0.3 is 0 Å². The van der Waals surface area contributed by atoms with E-state index in [0.29, 0.717) is 5.56 Å². The lowest BCUT2D eigenvalue weighted by Gasteiger charge is -2.42. The third-order valence-corrected chi connectivity index (χ3v) is 7.56. The molecular formula is C26H28FNO3S. The number of hydrogen-bond donors (Lipinski definition) is 1. The molecule has 6 heteroatoms. The van der Waals surface area contributed by atoms with Crippen LogP contribution in [0.2, 0.25) is 0 Å². The summed E-state index contributed by atoms with van der Waals surface area (Å²) in [6, 6.07) is 7.89. The van der Waals surface area contributed by atoms with Crippen LogP contribution in [0.25, 0.3) is 17.2 Å². The number of hydrogen-bond acceptors (Lipinski definition) is 4. The van der Waals surface area contributed by atoms with Crippen molar-refractivity contribution in [3.05, 3.63) is 57.2 Å². The lowest BCUT2D eigenvalue weighted by atomic mass is 9.62. The zero-order valence-corrected chi connectivity index (χ0v) is 20.1. The number of imide groups is 1. The number of methoxy groups -OCH3 is 1. The minimum Gasteiger partial charge on any atom is -0.493 e. The number of rotatable bonds is 3. The first kappa shape index (κ1) is 22.6. The van der Waals surface area contributed by atoms with Crippen molar-refractivity contribution in [1.29, 1.82) is 0 Å². The van der Waals surface area contributed by atoms with Crippen LogP contribution in [0.5, 0.6) is 5.75 Å². The van der Waals surface area contributed by atoms with Crippen LogP contribution in [0.1, 0.15) is 62.8 Å². The van der Waals surface area contributed by atoms with E-state index in [2.05, 4.69) is 45.1 Å². The normalized spacial score (nSPS) is 20.3. The highest BCUT2D eigenvalue weighted by Gasteiger charge is 2.37. The maximum absolute atomic E-state index is 15.4. The molecule has 0 spiro atoms. The van der Waals surface area contributed by atoms with Crippen LogP contribution in [0, 0.1) is 12.7 Å². The Kier molecular flexibility index (Phi) is 5.48. The van der Waals surface area contributed by atoms with Gasteiger partial charge in [0.25, 0.3) is 11.1 Å². The van der Waals surface area contributed by atoms with Gasteiger partial charge in [-0.15, -0.1) is 0 Å².